The number of benzene rings is 1. The molecule has 106 valence electrons. The van der Waals surface area contributed by atoms with Crippen LogP contribution in [-0.2, 0) is 0 Å². The van der Waals surface area contributed by atoms with Crippen LogP contribution < -0.4 is 10.1 Å². The van der Waals surface area contributed by atoms with Crippen LogP contribution in [0.2, 0.25) is 0 Å². The molecule has 0 fully saturated rings. The summed E-state index contributed by atoms with van der Waals surface area (Å²) in [5, 5.41) is 3.52. The Balaban J connectivity index is 2.46. The summed E-state index contributed by atoms with van der Waals surface area (Å²) in [6.45, 7) is 5.11. The third-order valence-corrected chi connectivity index (χ3v) is 3.76. The molecule has 0 aliphatic carbocycles. The fourth-order valence-electron chi connectivity index (χ4n) is 2.24. The number of pyridine rings is 1. The molecular formula is C16H19BrN2O. The van der Waals surface area contributed by atoms with Gasteiger partial charge in [-0.15, -0.1) is 0 Å². The number of halogens is 1. The summed E-state index contributed by atoms with van der Waals surface area (Å²) < 4.78 is 6.35. The van der Waals surface area contributed by atoms with E-state index in [1.54, 1.807) is 13.3 Å². The van der Waals surface area contributed by atoms with E-state index >= 15 is 0 Å². The zero-order valence-corrected chi connectivity index (χ0v) is 13.6. The lowest BCUT2D eigenvalue weighted by atomic mass is 9.96. The molecule has 0 saturated carbocycles. The maximum absolute atomic E-state index is 5.27. The number of rotatable bonds is 5. The zero-order valence-electron chi connectivity index (χ0n) is 12.0. The van der Waals surface area contributed by atoms with Gasteiger partial charge in [-0.1, -0.05) is 28.9 Å². The fraction of sp³-hybridized carbons (Fsp3) is 0.312. The van der Waals surface area contributed by atoms with E-state index in [9.17, 15) is 0 Å². The highest BCUT2D eigenvalue weighted by Crippen LogP contribution is 2.28. The van der Waals surface area contributed by atoms with Crippen molar-refractivity contribution in [2.45, 2.75) is 19.9 Å². The molecule has 1 unspecified atom stereocenters. The fourth-order valence-corrected chi connectivity index (χ4v) is 2.62. The van der Waals surface area contributed by atoms with Gasteiger partial charge in [0.2, 0.25) is 0 Å². The summed E-state index contributed by atoms with van der Waals surface area (Å²) in [6.07, 6.45) is 3.61. The van der Waals surface area contributed by atoms with Gasteiger partial charge in [0.15, 0.2) is 0 Å². The average Bonchev–Trinajstić information content (AvgIpc) is 2.47. The summed E-state index contributed by atoms with van der Waals surface area (Å²) in [4.78, 5) is 4.26. The van der Waals surface area contributed by atoms with E-state index in [1.165, 1.54) is 11.1 Å². The maximum Gasteiger partial charge on any atom is 0.137 e. The van der Waals surface area contributed by atoms with Crippen LogP contribution in [0.4, 0.5) is 0 Å². The first-order valence-electron chi connectivity index (χ1n) is 6.64. The average molecular weight is 335 g/mol. The van der Waals surface area contributed by atoms with Gasteiger partial charge in [-0.25, -0.2) is 0 Å². The van der Waals surface area contributed by atoms with Crippen LogP contribution in [0.1, 0.15) is 29.7 Å². The van der Waals surface area contributed by atoms with Gasteiger partial charge in [0.05, 0.1) is 19.3 Å². The molecule has 0 aliphatic rings. The van der Waals surface area contributed by atoms with Gasteiger partial charge < -0.3 is 10.1 Å². The normalized spacial score (nSPS) is 12.2. The molecule has 0 amide bonds. The number of ether oxygens (including phenoxy) is 1. The van der Waals surface area contributed by atoms with E-state index in [4.69, 9.17) is 4.74 Å². The van der Waals surface area contributed by atoms with Crippen molar-refractivity contribution in [2.75, 3.05) is 13.7 Å². The maximum atomic E-state index is 5.27. The van der Waals surface area contributed by atoms with E-state index < -0.39 is 0 Å². The number of nitrogens with zero attached hydrogens (tertiary/aromatic N) is 1. The molecule has 1 heterocycles. The van der Waals surface area contributed by atoms with Crippen molar-refractivity contribution in [2.24, 2.45) is 0 Å². The molecule has 0 aliphatic heterocycles. The van der Waals surface area contributed by atoms with E-state index in [0.717, 1.165) is 22.3 Å². The van der Waals surface area contributed by atoms with Crippen LogP contribution in [0.25, 0.3) is 0 Å². The van der Waals surface area contributed by atoms with Crippen LogP contribution in [0, 0.1) is 6.92 Å². The van der Waals surface area contributed by atoms with E-state index in [-0.39, 0.29) is 6.04 Å². The Morgan fingerprint density at radius 3 is 2.80 bits per heavy atom. The van der Waals surface area contributed by atoms with Gasteiger partial charge in [-0.3, -0.25) is 4.98 Å². The zero-order chi connectivity index (χ0) is 14.5. The van der Waals surface area contributed by atoms with Crippen LogP contribution in [-0.4, -0.2) is 18.6 Å². The minimum Gasteiger partial charge on any atom is -0.495 e. The van der Waals surface area contributed by atoms with Crippen LogP contribution in [0.3, 0.4) is 0 Å². The lowest BCUT2D eigenvalue weighted by molar-refractivity contribution is 0.411. The largest absolute Gasteiger partial charge is 0.495 e. The highest BCUT2D eigenvalue weighted by molar-refractivity contribution is 9.10. The van der Waals surface area contributed by atoms with Gasteiger partial charge >= 0.3 is 0 Å². The minimum atomic E-state index is 0.111. The topological polar surface area (TPSA) is 34.2 Å². The Morgan fingerprint density at radius 1 is 1.30 bits per heavy atom. The first-order chi connectivity index (χ1) is 9.65. The molecule has 3 nitrogen and oxygen atoms in total. The highest BCUT2D eigenvalue weighted by atomic mass is 79.9. The predicted octanol–water partition coefficient (Wildman–Crippen LogP) is 3.86. The summed E-state index contributed by atoms with van der Waals surface area (Å²) in [7, 11) is 1.66. The SMILES string of the molecule is CCNC(c1cncc(OC)c1)c1cc(Br)ccc1C. The third kappa shape index (κ3) is 3.38. The molecular weight excluding hydrogens is 316 g/mol. The summed E-state index contributed by atoms with van der Waals surface area (Å²) in [5.74, 6) is 0.776. The van der Waals surface area contributed by atoms with Crippen LogP contribution >= 0.6 is 15.9 Å². The van der Waals surface area contributed by atoms with Crippen molar-refractivity contribution in [3.05, 3.63) is 57.8 Å². The van der Waals surface area contributed by atoms with Gasteiger partial charge in [0.1, 0.15) is 5.75 Å². The van der Waals surface area contributed by atoms with Crippen molar-refractivity contribution in [1.29, 1.82) is 0 Å². The second-order valence-corrected chi connectivity index (χ2v) is 5.57. The van der Waals surface area contributed by atoms with Crippen molar-refractivity contribution < 1.29 is 4.74 Å². The molecule has 1 atom stereocenters. The molecule has 2 aromatic rings. The van der Waals surface area contributed by atoms with E-state index in [1.807, 2.05) is 12.3 Å². The predicted molar refractivity (Wildman–Crippen MR) is 85.2 cm³/mol. The first-order valence-corrected chi connectivity index (χ1v) is 7.43. The molecule has 0 saturated heterocycles. The standard InChI is InChI=1S/C16H19BrN2O/c1-4-19-16(12-7-14(20-3)10-18-9-12)15-8-13(17)6-5-11(15)2/h5-10,16,19H,4H2,1-3H3. The van der Waals surface area contributed by atoms with Gasteiger partial charge in [-0.05, 0) is 48.4 Å². The van der Waals surface area contributed by atoms with E-state index in [2.05, 4.69) is 58.3 Å². The highest BCUT2D eigenvalue weighted by Gasteiger charge is 2.16. The second-order valence-electron chi connectivity index (χ2n) is 4.65. The Kier molecular flexibility index (Phi) is 5.15. The minimum absolute atomic E-state index is 0.111. The van der Waals surface area contributed by atoms with Gasteiger partial charge in [0, 0.05) is 10.7 Å². The molecule has 1 aromatic heterocycles. The summed E-state index contributed by atoms with van der Waals surface area (Å²) in [6, 6.07) is 8.48. The quantitative estimate of drug-likeness (QED) is 0.901. The third-order valence-electron chi connectivity index (χ3n) is 3.26. The van der Waals surface area contributed by atoms with Crippen molar-refractivity contribution in [3.63, 3.8) is 0 Å². The number of hydrogen-bond donors (Lipinski definition) is 1. The molecule has 1 N–H and O–H groups in total. The molecule has 0 bridgehead atoms. The molecule has 2 rings (SSSR count). The summed E-state index contributed by atoms with van der Waals surface area (Å²) >= 11 is 3.55. The Bertz CT molecular complexity index is 586. The Morgan fingerprint density at radius 2 is 2.10 bits per heavy atom. The lowest BCUT2D eigenvalue weighted by Gasteiger charge is -2.21. The van der Waals surface area contributed by atoms with E-state index in [0.29, 0.717) is 0 Å². The Hall–Kier alpha value is -1.39. The van der Waals surface area contributed by atoms with Crippen molar-refractivity contribution >= 4 is 15.9 Å². The molecule has 1 aromatic carbocycles. The number of aryl methyl sites for hydroxylation is 1. The first kappa shape index (κ1) is 15.0. The number of hydrogen-bond acceptors (Lipinski definition) is 3. The Labute approximate surface area is 128 Å². The monoisotopic (exact) mass is 334 g/mol. The number of aromatic nitrogens is 1. The van der Waals surface area contributed by atoms with Crippen LogP contribution in [0.15, 0.2) is 41.1 Å². The lowest BCUT2D eigenvalue weighted by Crippen LogP contribution is -2.23. The smallest absolute Gasteiger partial charge is 0.137 e. The van der Waals surface area contributed by atoms with Gasteiger partial charge in [0.25, 0.3) is 0 Å². The molecule has 0 spiro atoms. The van der Waals surface area contributed by atoms with Crippen molar-refractivity contribution in [3.8, 4) is 5.75 Å². The second kappa shape index (κ2) is 6.86. The summed E-state index contributed by atoms with van der Waals surface area (Å²) in [5.41, 5.74) is 3.60. The number of nitrogens with one attached hydrogen (secondary N) is 1. The molecule has 4 heteroatoms. The number of methoxy groups -OCH3 is 1. The van der Waals surface area contributed by atoms with Crippen LogP contribution in [0.5, 0.6) is 5.75 Å². The van der Waals surface area contributed by atoms with Gasteiger partial charge in [-0.2, -0.15) is 0 Å². The molecule has 0 radical (unpaired) electrons. The van der Waals surface area contributed by atoms with Crippen molar-refractivity contribution in [1.82, 2.24) is 10.3 Å². The molecule has 20 heavy (non-hydrogen) atoms.